The Morgan fingerprint density at radius 3 is 2.47 bits per heavy atom. The molecule has 80 valence electrons. The van der Waals surface area contributed by atoms with Crippen molar-refractivity contribution in [2.24, 2.45) is 0 Å². The van der Waals surface area contributed by atoms with E-state index >= 15 is 0 Å². The molecule has 1 aliphatic rings. The second-order valence-corrected chi connectivity index (χ2v) is 4.23. The molecule has 0 fully saturated rings. The zero-order valence-corrected chi connectivity index (χ0v) is 9.49. The van der Waals surface area contributed by atoms with Gasteiger partial charge >= 0.3 is 0 Å². The Balaban J connectivity index is 2.12. The molecule has 1 aliphatic carbocycles. The highest BCUT2D eigenvalue weighted by Gasteiger charge is 2.14. The van der Waals surface area contributed by atoms with Crippen LogP contribution in [0.15, 0.2) is 30.3 Å². The minimum absolute atomic E-state index is 0.430. The molecule has 0 spiro atoms. The van der Waals surface area contributed by atoms with Gasteiger partial charge in [-0.25, -0.2) is 0 Å². The summed E-state index contributed by atoms with van der Waals surface area (Å²) in [5.41, 5.74) is 4.17. The summed E-state index contributed by atoms with van der Waals surface area (Å²) in [5, 5.41) is 0. The summed E-state index contributed by atoms with van der Waals surface area (Å²) in [7, 11) is 1.80. The van der Waals surface area contributed by atoms with Gasteiger partial charge in [-0.1, -0.05) is 35.9 Å². The van der Waals surface area contributed by atoms with Crippen molar-refractivity contribution in [3.05, 3.63) is 41.5 Å². The van der Waals surface area contributed by atoms with Gasteiger partial charge < -0.3 is 4.74 Å². The summed E-state index contributed by atoms with van der Waals surface area (Å²) in [6.07, 6.45) is 6.10. The molecule has 1 heteroatoms. The Hall–Kier alpha value is -1.08. The van der Waals surface area contributed by atoms with Crippen LogP contribution in [0, 0.1) is 6.92 Å². The largest absolute Gasteiger partial charge is 0.381 e. The molecule has 2 rings (SSSR count). The summed E-state index contributed by atoms with van der Waals surface area (Å²) in [6, 6.07) is 8.79. The summed E-state index contributed by atoms with van der Waals surface area (Å²) in [6.45, 7) is 2.12. The first-order chi connectivity index (χ1) is 7.29. The molecule has 0 radical (unpaired) electrons. The number of rotatable bonds is 2. The van der Waals surface area contributed by atoms with Gasteiger partial charge in [0.15, 0.2) is 0 Å². The lowest BCUT2D eigenvalue weighted by Crippen LogP contribution is -2.13. The van der Waals surface area contributed by atoms with Crippen molar-refractivity contribution < 1.29 is 4.74 Å². The van der Waals surface area contributed by atoms with E-state index in [2.05, 4.69) is 37.3 Å². The topological polar surface area (TPSA) is 9.23 Å². The van der Waals surface area contributed by atoms with Crippen LogP contribution in [0.25, 0.3) is 5.57 Å². The van der Waals surface area contributed by atoms with E-state index in [1.807, 2.05) is 0 Å². The molecule has 0 aromatic heterocycles. The average molecular weight is 202 g/mol. The van der Waals surface area contributed by atoms with Gasteiger partial charge in [0.05, 0.1) is 6.10 Å². The summed E-state index contributed by atoms with van der Waals surface area (Å²) < 4.78 is 5.35. The Bertz CT molecular complexity index is 348. The quantitative estimate of drug-likeness (QED) is 0.712. The Labute approximate surface area is 91.8 Å². The Morgan fingerprint density at radius 2 is 1.93 bits per heavy atom. The molecule has 1 nitrogen and oxygen atoms in total. The second kappa shape index (κ2) is 4.63. The molecule has 0 heterocycles. The van der Waals surface area contributed by atoms with E-state index in [9.17, 15) is 0 Å². The zero-order valence-electron chi connectivity index (χ0n) is 9.49. The third-order valence-corrected chi connectivity index (χ3v) is 3.12. The molecule has 0 N–H and O–H groups in total. The van der Waals surface area contributed by atoms with Crippen molar-refractivity contribution in [1.29, 1.82) is 0 Å². The minimum Gasteiger partial charge on any atom is -0.381 e. The van der Waals surface area contributed by atoms with Crippen LogP contribution in [-0.2, 0) is 4.74 Å². The van der Waals surface area contributed by atoms with Crippen LogP contribution < -0.4 is 0 Å². The molecule has 0 aliphatic heterocycles. The molecule has 1 unspecified atom stereocenters. The first-order valence-corrected chi connectivity index (χ1v) is 5.58. The third kappa shape index (κ3) is 2.48. The fourth-order valence-corrected chi connectivity index (χ4v) is 2.05. The lowest BCUT2D eigenvalue weighted by molar-refractivity contribution is 0.0964. The number of allylic oxidation sites excluding steroid dienone is 1. The first-order valence-electron chi connectivity index (χ1n) is 5.58. The maximum Gasteiger partial charge on any atom is 0.0609 e. The molecule has 15 heavy (non-hydrogen) atoms. The number of hydrogen-bond donors (Lipinski definition) is 0. The highest BCUT2D eigenvalue weighted by Crippen LogP contribution is 2.28. The molecular formula is C14H18O. The second-order valence-electron chi connectivity index (χ2n) is 4.23. The molecule has 1 atom stereocenters. The Kier molecular flexibility index (Phi) is 3.22. The van der Waals surface area contributed by atoms with Gasteiger partial charge in [-0.3, -0.25) is 0 Å². The highest BCUT2D eigenvalue weighted by atomic mass is 16.5. The monoisotopic (exact) mass is 202 g/mol. The maximum absolute atomic E-state index is 5.35. The van der Waals surface area contributed by atoms with Crippen LogP contribution in [0.5, 0.6) is 0 Å². The SMILES string of the molecule is COC1CC=C(c2ccc(C)cc2)CC1. The van der Waals surface area contributed by atoms with Crippen molar-refractivity contribution >= 4 is 5.57 Å². The number of benzene rings is 1. The molecule has 1 aromatic carbocycles. The van der Waals surface area contributed by atoms with Crippen molar-refractivity contribution in [3.8, 4) is 0 Å². The minimum atomic E-state index is 0.430. The van der Waals surface area contributed by atoms with Crippen molar-refractivity contribution in [3.63, 3.8) is 0 Å². The van der Waals surface area contributed by atoms with E-state index in [0.29, 0.717) is 6.10 Å². The molecular weight excluding hydrogens is 184 g/mol. The van der Waals surface area contributed by atoms with Gasteiger partial charge in [-0.2, -0.15) is 0 Å². The van der Waals surface area contributed by atoms with Gasteiger partial charge in [-0.05, 0) is 37.3 Å². The van der Waals surface area contributed by atoms with Crippen LogP contribution in [0.3, 0.4) is 0 Å². The van der Waals surface area contributed by atoms with E-state index < -0.39 is 0 Å². The third-order valence-electron chi connectivity index (χ3n) is 3.12. The molecule has 0 amide bonds. The predicted octanol–water partition coefficient (Wildman–Crippen LogP) is 3.58. The van der Waals surface area contributed by atoms with Crippen LogP contribution in [0.1, 0.15) is 30.4 Å². The first kappa shape index (κ1) is 10.4. The lowest BCUT2D eigenvalue weighted by Gasteiger charge is -2.20. The lowest BCUT2D eigenvalue weighted by atomic mass is 9.92. The van der Waals surface area contributed by atoms with Crippen molar-refractivity contribution in [1.82, 2.24) is 0 Å². The van der Waals surface area contributed by atoms with E-state index in [0.717, 1.165) is 19.3 Å². The van der Waals surface area contributed by atoms with Crippen LogP contribution >= 0.6 is 0 Å². The fraction of sp³-hybridized carbons (Fsp3) is 0.429. The maximum atomic E-state index is 5.35. The van der Waals surface area contributed by atoms with E-state index in [-0.39, 0.29) is 0 Å². The fourth-order valence-electron chi connectivity index (χ4n) is 2.05. The Morgan fingerprint density at radius 1 is 1.20 bits per heavy atom. The highest BCUT2D eigenvalue weighted by molar-refractivity contribution is 5.66. The van der Waals surface area contributed by atoms with Crippen LogP contribution in [0.4, 0.5) is 0 Å². The molecule has 0 bridgehead atoms. The smallest absolute Gasteiger partial charge is 0.0609 e. The molecule has 0 saturated carbocycles. The standard InChI is InChI=1S/C14H18O/c1-11-3-5-12(6-4-11)13-7-9-14(15-2)10-8-13/h3-7,14H,8-10H2,1-2H3. The van der Waals surface area contributed by atoms with Gasteiger partial charge in [-0.15, -0.1) is 0 Å². The number of aryl methyl sites for hydroxylation is 1. The van der Waals surface area contributed by atoms with Crippen LogP contribution in [-0.4, -0.2) is 13.2 Å². The van der Waals surface area contributed by atoms with Crippen molar-refractivity contribution in [2.75, 3.05) is 7.11 Å². The zero-order chi connectivity index (χ0) is 10.7. The van der Waals surface area contributed by atoms with Crippen LogP contribution in [0.2, 0.25) is 0 Å². The normalized spacial score (nSPS) is 21.2. The summed E-state index contributed by atoms with van der Waals surface area (Å²) in [4.78, 5) is 0. The molecule has 1 aromatic rings. The van der Waals surface area contributed by atoms with E-state index in [1.165, 1.54) is 16.7 Å². The predicted molar refractivity (Wildman–Crippen MR) is 63.8 cm³/mol. The summed E-state index contributed by atoms with van der Waals surface area (Å²) >= 11 is 0. The number of ether oxygens (including phenoxy) is 1. The number of hydrogen-bond acceptors (Lipinski definition) is 1. The number of methoxy groups -OCH3 is 1. The van der Waals surface area contributed by atoms with E-state index in [1.54, 1.807) is 7.11 Å². The van der Waals surface area contributed by atoms with Gasteiger partial charge in [0, 0.05) is 7.11 Å². The van der Waals surface area contributed by atoms with Gasteiger partial charge in [0.1, 0.15) is 0 Å². The average Bonchev–Trinajstić information content (AvgIpc) is 2.30. The molecule has 0 saturated heterocycles. The van der Waals surface area contributed by atoms with E-state index in [4.69, 9.17) is 4.74 Å². The van der Waals surface area contributed by atoms with Gasteiger partial charge in [0.2, 0.25) is 0 Å². The van der Waals surface area contributed by atoms with Gasteiger partial charge in [0.25, 0.3) is 0 Å². The summed E-state index contributed by atoms with van der Waals surface area (Å²) in [5.74, 6) is 0. The van der Waals surface area contributed by atoms with Crippen molar-refractivity contribution in [2.45, 2.75) is 32.3 Å².